The summed E-state index contributed by atoms with van der Waals surface area (Å²) in [7, 11) is 1.75. The van der Waals surface area contributed by atoms with Crippen LogP contribution in [0.1, 0.15) is 38.5 Å². The number of halogens is 2. The zero-order valence-corrected chi connectivity index (χ0v) is 11.7. The molecule has 2 rings (SSSR count). The van der Waals surface area contributed by atoms with Gasteiger partial charge in [-0.15, -0.1) is 0 Å². The number of nitrogens with zero attached hydrogens (tertiary/aromatic N) is 1. The van der Waals surface area contributed by atoms with E-state index in [0.717, 1.165) is 25.7 Å². The first-order chi connectivity index (χ1) is 9.05. The molecular weight excluding hydrogens is 250 g/mol. The molecule has 0 aromatic heterocycles. The first-order valence-electron chi connectivity index (χ1n) is 7.41. The Labute approximate surface area is 114 Å². The Hall–Kier alpha value is -0.260. The molecule has 19 heavy (non-hydrogen) atoms. The zero-order chi connectivity index (χ0) is 13.9. The lowest BCUT2D eigenvalue weighted by Gasteiger charge is -2.36. The summed E-state index contributed by atoms with van der Waals surface area (Å²) in [6, 6.07) is 0.576. The van der Waals surface area contributed by atoms with E-state index in [1.807, 2.05) is 0 Å². The average Bonchev–Trinajstić information content (AvgIpc) is 3.05. The van der Waals surface area contributed by atoms with E-state index in [9.17, 15) is 13.9 Å². The molecule has 0 heterocycles. The molecule has 2 saturated carbocycles. The van der Waals surface area contributed by atoms with Crippen LogP contribution in [-0.2, 0) is 0 Å². The van der Waals surface area contributed by atoms with E-state index in [1.54, 1.807) is 11.9 Å². The van der Waals surface area contributed by atoms with Gasteiger partial charge in [0.2, 0.25) is 0 Å². The minimum absolute atomic E-state index is 0.146. The molecule has 0 aromatic rings. The van der Waals surface area contributed by atoms with Gasteiger partial charge in [0.15, 0.2) is 0 Å². The van der Waals surface area contributed by atoms with Crippen molar-refractivity contribution in [1.29, 1.82) is 0 Å². The summed E-state index contributed by atoms with van der Waals surface area (Å²) in [4.78, 5) is 1.70. The number of alkyl halides is 2. The summed E-state index contributed by atoms with van der Waals surface area (Å²) < 4.78 is 24.6. The van der Waals surface area contributed by atoms with Gasteiger partial charge in [-0.3, -0.25) is 0 Å². The third-order valence-electron chi connectivity index (χ3n) is 4.62. The number of aliphatic hydroxyl groups excluding tert-OH is 1. The molecule has 2 N–H and O–H groups in total. The van der Waals surface area contributed by atoms with Crippen molar-refractivity contribution in [3.05, 3.63) is 0 Å². The van der Waals surface area contributed by atoms with E-state index in [2.05, 4.69) is 5.32 Å². The van der Waals surface area contributed by atoms with Crippen molar-refractivity contribution in [2.24, 2.45) is 5.92 Å². The number of nitrogens with one attached hydrogen (secondary N) is 1. The number of hydrogen-bond acceptors (Lipinski definition) is 3. The van der Waals surface area contributed by atoms with Gasteiger partial charge in [-0.1, -0.05) is 6.42 Å². The Kier molecular flexibility index (Phi) is 5.15. The first-order valence-corrected chi connectivity index (χ1v) is 7.41. The lowest BCUT2D eigenvalue weighted by atomic mass is 9.85. The van der Waals surface area contributed by atoms with Gasteiger partial charge in [0.05, 0.1) is 13.2 Å². The Morgan fingerprint density at radius 3 is 2.68 bits per heavy atom. The minimum Gasteiger partial charge on any atom is -0.394 e. The Morgan fingerprint density at radius 2 is 2.11 bits per heavy atom. The monoisotopic (exact) mass is 276 g/mol. The second-order valence-corrected chi connectivity index (χ2v) is 6.26. The normalized spacial score (nSPS) is 31.6. The van der Waals surface area contributed by atoms with Crippen molar-refractivity contribution >= 4 is 0 Å². The Balaban J connectivity index is 1.83. The minimum atomic E-state index is -2.26. The fourth-order valence-corrected chi connectivity index (χ4v) is 3.35. The van der Waals surface area contributed by atoms with E-state index in [0.29, 0.717) is 18.5 Å². The molecule has 2 aliphatic carbocycles. The van der Waals surface area contributed by atoms with Gasteiger partial charge >= 0.3 is 0 Å². The molecule has 0 amide bonds. The molecule has 0 aliphatic heterocycles. The van der Waals surface area contributed by atoms with E-state index < -0.39 is 6.43 Å². The van der Waals surface area contributed by atoms with Gasteiger partial charge in [0, 0.05) is 11.6 Å². The second kappa shape index (κ2) is 6.46. The zero-order valence-electron chi connectivity index (χ0n) is 11.7. The van der Waals surface area contributed by atoms with Crippen molar-refractivity contribution in [3.63, 3.8) is 0 Å². The van der Waals surface area contributed by atoms with Crippen LogP contribution >= 0.6 is 0 Å². The highest BCUT2D eigenvalue weighted by molar-refractivity contribution is 5.03. The van der Waals surface area contributed by atoms with Gasteiger partial charge in [-0.05, 0) is 51.6 Å². The van der Waals surface area contributed by atoms with Gasteiger partial charge in [-0.2, -0.15) is 0 Å². The molecule has 0 saturated heterocycles. The van der Waals surface area contributed by atoms with E-state index in [-0.39, 0.29) is 18.7 Å². The second-order valence-electron chi connectivity index (χ2n) is 6.26. The first kappa shape index (κ1) is 15.1. The van der Waals surface area contributed by atoms with Crippen LogP contribution in [0.15, 0.2) is 0 Å². The van der Waals surface area contributed by atoms with Gasteiger partial charge < -0.3 is 15.3 Å². The maximum absolute atomic E-state index is 12.3. The van der Waals surface area contributed by atoms with Crippen LogP contribution < -0.4 is 5.32 Å². The maximum atomic E-state index is 12.3. The fraction of sp³-hybridized carbons (Fsp3) is 1.00. The van der Waals surface area contributed by atoms with Crippen LogP contribution in [0.5, 0.6) is 0 Å². The predicted octanol–water partition coefficient (Wildman–Crippen LogP) is 1.86. The van der Waals surface area contributed by atoms with Crippen LogP contribution in [0.25, 0.3) is 0 Å². The lowest BCUT2D eigenvalue weighted by Crippen LogP contribution is -2.53. The lowest BCUT2D eigenvalue weighted by molar-refractivity contribution is 0.0848. The summed E-state index contributed by atoms with van der Waals surface area (Å²) in [5.41, 5.74) is -0.146. The molecule has 112 valence electrons. The fourth-order valence-electron chi connectivity index (χ4n) is 3.35. The van der Waals surface area contributed by atoms with E-state index >= 15 is 0 Å². The van der Waals surface area contributed by atoms with Crippen molar-refractivity contribution in [2.75, 3.05) is 26.7 Å². The van der Waals surface area contributed by atoms with Gasteiger partial charge in [0.1, 0.15) is 0 Å². The summed E-state index contributed by atoms with van der Waals surface area (Å²) >= 11 is 0. The SMILES string of the molecule is CN(CCC1CCCC1(CO)NC1CC1)CC(F)F. The standard InChI is InChI=1S/C14H26F2N2O/c1-18(9-13(15)16)8-6-11-3-2-7-14(11,10-19)17-12-4-5-12/h11-13,17,19H,2-10H2,1H3. The maximum Gasteiger partial charge on any atom is 0.251 e. The summed E-state index contributed by atoms with van der Waals surface area (Å²) in [5.74, 6) is 0.415. The molecule has 2 fully saturated rings. The molecule has 5 heteroatoms. The van der Waals surface area contributed by atoms with Crippen LogP contribution in [0.2, 0.25) is 0 Å². The molecule has 3 nitrogen and oxygen atoms in total. The highest BCUT2D eigenvalue weighted by Gasteiger charge is 2.44. The number of aliphatic hydroxyl groups is 1. The third-order valence-corrected chi connectivity index (χ3v) is 4.62. The number of hydrogen-bond donors (Lipinski definition) is 2. The van der Waals surface area contributed by atoms with Crippen molar-refractivity contribution < 1.29 is 13.9 Å². The van der Waals surface area contributed by atoms with Crippen LogP contribution in [0, 0.1) is 5.92 Å². The topological polar surface area (TPSA) is 35.5 Å². The van der Waals surface area contributed by atoms with E-state index in [1.165, 1.54) is 12.8 Å². The van der Waals surface area contributed by atoms with Crippen LogP contribution in [-0.4, -0.2) is 54.8 Å². The highest BCUT2D eigenvalue weighted by Crippen LogP contribution is 2.40. The molecule has 0 aromatic carbocycles. The average molecular weight is 276 g/mol. The quantitative estimate of drug-likeness (QED) is 0.710. The molecule has 0 bridgehead atoms. The third kappa shape index (κ3) is 4.10. The largest absolute Gasteiger partial charge is 0.394 e. The Bertz CT molecular complexity index is 287. The molecule has 2 atom stereocenters. The van der Waals surface area contributed by atoms with Crippen molar-refractivity contribution in [2.45, 2.75) is 56.5 Å². The van der Waals surface area contributed by atoms with Crippen LogP contribution in [0.3, 0.4) is 0 Å². The molecular formula is C14H26F2N2O. The summed E-state index contributed by atoms with van der Waals surface area (Å²) in [5, 5.41) is 13.4. The van der Waals surface area contributed by atoms with Crippen molar-refractivity contribution in [3.8, 4) is 0 Å². The smallest absolute Gasteiger partial charge is 0.251 e. The van der Waals surface area contributed by atoms with Crippen LogP contribution in [0.4, 0.5) is 8.78 Å². The van der Waals surface area contributed by atoms with E-state index in [4.69, 9.17) is 0 Å². The predicted molar refractivity (Wildman–Crippen MR) is 71.4 cm³/mol. The summed E-state index contributed by atoms with van der Waals surface area (Å²) in [6.07, 6.45) is 4.29. The van der Waals surface area contributed by atoms with Gasteiger partial charge in [0.25, 0.3) is 6.43 Å². The van der Waals surface area contributed by atoms with Crippen molar-refractivity contribution in [1.82, 2.24) is 10.2 Å². The molecule has 2 unspecified atom stereocenters. The highest BCUT2D eigenvalue weighted by atomic mass is 19.3. The van der Waals surface area contributed by atoms with Gasteiger partial charge in [-0.25, -0.2) is 8.78 Å². The molecule has 0 radical (unpaired) electrons. The molecule has 0 spiro atoms. The Morgan fingerprint density at radius 1 is 1.37 bits per heavy atom. The molecule has 2 aliphatic rings. The number of rotatable bonds is 8. The summed E-state index contributed by atoms with van der Waals surface area (Å²) in [6.45, 7) is 0.699.